The highest BCUT2D eigenvalue weighted by Gasteiger charge is 2.61. The number of primary amides is 1. The molecular formula is C25H32N4O4S. The molecule has 9 heteroatoms. The number of amides is 2. The number of rotatable bonds is 6. The summed E-state index contributed by atoms with van der Waals surface area (Å²) in [4.78, 5) is 30.4. The lowest BCUT2D eigenvalue weighted by atomic mass is 9.46. The third kappa shape index (κ3) is 3.43. The molecule has 8 nitrogen and oxygen atoms in total. The Balaban J connectivity index is 1.43. The Kier molecular flexibility index (Phi) is 5.12. The molecule has 182 valence electrons. The molecule has 2 atom stereocenters. The van der Waals surface area contributed by atoms with Crippen molar-refractivity contribution in [1.29, 1.82) is 0 Å². The first-order valence-electron chi connectivity index (χ1n) is 11.8. The van der Waals surface area contributed by atoms with Gasteiger partial charge in [0.1, 0.15) is 10.4 Å². The molecule has 0 saturated heterocycles. The first-order chi connectivity index (χ1) is 15.9. The number of fused-ring (bicyclic) bond motifs is 1. The van der Waals surface area contributed by atoms with Crippen LogP contribution in [0, 0.1) is 17.3 Å². The quantitative estimate of drug-likeness (QED) is 0.652. The van der Waals surface area contributed by atoms with E-state index in [9.17, 15) is 18.0 Å². The van der Waals surface area contributed by atoms with E-state index in [1.54, 1.807) is 44.3 Å². The third-order valence-corrected chi connectivity index (χ3v) is 10.6. The number of hydrogen-bond acceptors (Lipinski definition) is 5. The van der Waals surface area contributed by atoms with Crippen molar-refractivity contribution in [3.05, 3.63) is 36.5 Å². The average Bonchev–Trinajstić information content (AvgIpc) is 2.76. The Morgan fingerprint density at radius 1 is 1.12 bits per heavy atom. The van der Waals surface area contributed by atoms with E-state index < -0.39 is 26.5 Å². The van der Waals surface area contributed by atoms with E-state index in [2.05, 4.69) is 10.3 Å². The lowest BCUT2D eigenvalue weighted by Crippen LogP contribution is -2.68. The van der Waals surface area contributed by atoms with Gasteiger partial charge in [-0.3, -0.25) is 14.6 Å². The number of para-hydroxylation sites is 1. The molecule has 1 aromatic heterocycles. The second-order valence-electron chi connectivity index (χ2n) is 11.2. The van der Waals surface area contributed by atoms with E-state index in [-0.39, 0.29) is 16.7 Å². The van der Waals surface area contributed by atoms with Crippen molar-refractivity contribution in [3.8, 4) is 0 Å². The predicted octanol–water partition coefficient (Wildman–Crippen LogP) is 2.57. The number of nitrogens with one attached hydrogen (secondary N) is 1. The number of carbonyl (C=O) groups excluding carboxylic acids is 2. The number of aromatic nitrogens is 1. The largest absolute Gasteiger partial charge is 0.369 e. The number of nitrogens with two attached hydrogens (primary N) is 1. The topological polar surface area (TPSA) is 122 Å². The van der Waals surface area contributed by atoms with Gasteiger partial charge in [0, 0.05) is 24.2 Å². The molecule has 4 saturated carbocycles. The molecule has 34 heavy (non-hydrogen) atoms. The zero-order valence-corrected chi connectivity index (χ0v) is 20.7. The van der Waals surface area contributed by atoms with Gasteiger partial charge in [0.2, 0.25) is 21.8 Å². The average molecular weight is 485 g/mol. The SMILES string of the molecule is CN(C(C)(C)C(=O)NC12CC3CC(C1)CC(C(N)=O)(C3)C2)S(=O)(=O)c1cccc2cccnc12. The van der Waals surface area contributed by atoms with Crippen LogP contribution in [0.15, 0.2) is 41.4 Å². The van der Waals surface area contributed by atoms with Gasteiger partial charge >= 0.3 is 0 Å². The molecule has 4 aliphatic carbocycles. The van der Waals surface area contributed by atoms with Gasteiger partial charge < -0.3 is 11.1 Å². The molecule has 2 aromatic rings. The number of hydrogen-bond donors (Lipinski definition) is 2. The third-order valence-electron chi connectivity index (χ3n) is 8.54. The molecule has 4 fully saturated rings. The molecule has 0 spiro atoms. The van der Waals surface area contributed by atoms with Crippen LogP contribution in [0.3, 0.4) is 0 Å². The molecule has 6 rings (SSSR count). The van der Waals surface area contributed by atoms with Crippen LogP contribution in [-0.2, 0) is 19.6 Å². The van der Waals surface area contributed by atoms with Crippen molar-refractivity contribution >= 4 is 32.7 Å². The number of likely N-dealkylation sites (N-methyl/N-ethyl adjacent to an activating group) is 1. The number of carbonyl (C=O) groups is 2. The molecule has 2 unspecified atom stereocenters. The maximum absolute atomic E-state index is 13.7. The van der Waals surface area contributed by atoms with Crippen LogP contribution in [0.4, 0.5) is 0 Å². The lowest BCUT2D eigenvalue weighted by Gasteiger charge is -2.61. The summed E-state index contributed by atoms with van der Waals surface area (Å²) in [5.74, 6) is 0.0803. The Morgan fingerprint density at radius 3 is 2.41 bits per heavy atom. The molecule has 4 bridgehead atoms. The molecule has 4 aliphatic rings. The normalized spacial score (nSPS) is 30.6. The standard InChI is InChI=1S/C25H32N4O4S/c1-23(2,29(3)34(32,33)19-8-4-6-18-7-5-9-27-20(18)19)22(31)28-25-13-16-10-17(14-25)12-24(11-16,15-25)21(26)30/h4-9,16-17H,10-15H2,1-3H3,(H2,26,30)(H,28,31). The lowest BCUT2D eigenvalue weighted by molar-refractivity contribution is -0.152. The van der Waals surface area contributed by atoms with Gasteiger partial charge in [-0.05, 0) is 76.3 Å². The van der Waals surface area contributed by atoms with Gasteiger partial charge in [0.05, 0.1) is 10.9 Å². The van der Waals surface area contributed by atoms with Gasteiger partial charge in [-0.25, -0.2) is 8.42 Å². The van der Waals surface area contributed by atoms with Crippen LogP contribution in [0.5, 0.6) is 0 Å². The minimum Gasteiger partial charge on any atom is -0.369 e. The fourth-order valence-electron chi connectivity index (χ4n) is 6.97. The van der Waals surface area contributed by atoms with Crippen molar-refractivity contribution in [2.75, 3.05) is 7.05 Å². The van der Waals surface area contributed by atoms with Crippen LogP contribution in [-0.4, -0.2) is 47.6 Å². The minimum absolute atomic E-state index is 0.0662. The molecule has 2 amide bonds. The Hall–Kier alpha value is -2.52. The fraction of sp³-hybridized carbons (Fsp3) is 0.560. The Bertz CT molecular complexity index is 1270. The van der Waals surface area contributed by atoms with E-state index in [1.165, 1.54) is 13.1 Å². The predicted molar refractivity (Wildman–Crippen MR) is 128 cm³/mol. The van der Waals surface area contributed by atoms with Gasteiger partial charge in [0.15, 0.2) is 0 Å². The van der Waals surface area contributed by atoms with E-state index >= 15 is 0 Å². The molecule has 1 aromatic carbocycles. The summed E-state index contributed by atoms with van der Waals surface area (Å²) in [6, 6.07) is 8.56. The minimum atomic E-state index is -4.02. The summed E-state index contributed by atoms with van der Waals surface area (Å²) in [6.07, 6.45) is 6.37. The summed E-state index contributed by atoms with van der Waals surface area (Å²) in [7, 11) is -2.59. The maximum atomic E-state index is 13.7. The number of sulfonamides is 1. The van der Waals surface area contributed by atoms with Crippen molar-refractivity contribution in [3.63, 3.8) is 0 Å². The molecule has 3 N–H and O–H groups in total. The number of nitrogens with zero attached hydrogens (tertiary/aromatic N) is 2. The number of benzene rings is 1. The van der Waals surface area contributed by atoms with Crippen molar-refractivity contribution in [2.24, 2.45) is 23.0 Å². The van der Waals surface area contributed by atoms with Crippen molar-refractivity contribution in [1.82, 2.24) is 14.6 Å². The summed E-state index contributed by atoms with van der Waals surface area (Å²) < 4.78 is 28.4. The number of pyridine rings is 1. The maximum Gasteiger partial charge on any atom is 0.245 e. The van der Waals surface area contributed by atoms with Gasteiger partial charge in [-0.15, -0.1) is 0 Å². The monoisotopic (exact) mass is 484 g/mol. The zero-order valence-electron chi connectivity index (χ0n) is 19.9. The van der Waals surface area contributed by atoms with Crippen LogP contribution in [0.25, 0.3) is 10.9 Å². The molecule has 1 heterocycles. The van der Waals surface area contributed by atoms with Crippen LogP contribution < -0.4 is 11.1 Å². The highest BCUT2D eigenvalue weighted by molar-refractivity contribution is 7.89. The first-order valence-corrected chi connectivity index (χ1v) is 13.3. The van der Waals surface area contributed by atoms with Gasteiger partial charge in [-0.1, -0.05) is 18.2 Å². The smallest absolute Gasteiger partial charge is 0.245 e. The van der Waals surface area contributed by atoms with Crippen molar-refractivity contribution < 1.29 is 18.0 Å². The van der Waals surface area contributed by atoms with Gasteiger partial charge in [0.25, 0.3) is 0 Å². The Labute approximate surface area is 200 Å². The summed E-state index contributed by atoms with van der Waals surface area (Å²) in [6.45, 7) is 3.23. The molecule has 0 radical (unpaired) electrons. The molecular weight excluding hydrogens is 452 g/mol. The second-order valence-corrected chi connectivity index (χ2v) is 13.1. The van der Waals surface area contributed by atoms with Crippen LogP contribution in [0.1, 0.15) is 52.4 Å². The van der Waals surface area contributed by atoms with Gasteiger partial charge in [-0.2, -0.15) is 4.31 Å². The summed E-state index contributed by atoms with van der Waals surface area (Å²) >= 11 is 0. The highest BCUT2D eigenvalue weighted by atomic mass is 32.2. The fourth-order valence-corrected chi connectivity index (χ4v) is 8.61. The van der Waals surface area contributed by atoms with E-state index in [4.69, 9.17) is 5.73 Å². The van der Waals surface area contributed by atoms with E-state index in [0.717, 1.165) is 36.4 Å². The van der Waals surface area contributed by atoms with Crippen LogP contribution >= 0.6 is 0 Å². The van der Waals surface area contributed by atoms with E-state index in [0.29, 0.717) is 29.2 Å². The Morgan fingerprint density at radius 2 is 1.76 bits per heavy atom. The molecule has 0 aliphatic heterocycles. The first kappa shape index (κ1) is 23.2. The van der Waals surface area contributed by atoms with E-state index in [1.807, 2.05) is 0 Å². The summed E-state index contributed by atoms with van der Waals surface area (Å²) in [5, 5.41) is 3.93. The summed E-state index contributed by atoms with van der Waals surface area (Å²) in [5.41, 5.74) is 3.77. The van der Waals surface area contributed by atoms with Crippen molar-refractivity contribution in [2.45, 2.75) is 68.3 Å². The highest BCUT2D eigenvalue weighted by Crippen LogP contribution is 2.61. The second kappa shape index (κ2) is 7.49. The van der Waals surface area contributed by atoms with Crippen LogP contribution in [0.2, 0.25) is 0 Å². The zero-order chi connectivity index (χ0) is 24.5.